The van der Waals surface area contributed by atoms with Gasteiger partial charge >= 0.3 is 5.97 Å². The van der Waals surface area contributed by atoms with E-state index in [0.717, 1.165) is 17.0 Å². The summed E-state index contributed by atoms with van der Waals surface area (Å²) in [5, 5.41) is 11.7. The largest absolute Gasteiger partial charge is 0.462 e. The molecule has 0 unspecified atom stereocenters. The first kappa shape index (κ1) is 21.2. The van der Waals surface area contributed by atoms with Gasteiger partial charge in [0.05, 0.1) is 29.8 Å². The van der Waals surface area contributed by atoms with E-state index in [2.05, 4.69) is 20.5 Å². The number of rotatable bonds is 6. The minimum absolute atomic E-state index is 0.208. The van der Waals surface area contributed by atoms with Crippen LogP contribution in [0.1, 0.15) is 46.0 Å². The fourth-order valence-corrected chi connectivity index (χ4v) is 3.75. The third kappa shape index (κ3) is 3.73. The molecule has 1 aromatic carbocycles. The van der Waals surface area contributed by atoms with Crippen LogP contribution in [0.25, 0.3) is 16.9 Å². The molecule has 9 nitrogen and oxygen atoms in total. The number of anilines is 1. The maximum Gasteiger partial charge on any atom is 0.343 e. The predicted molar refractivity (Wildman–Crippen MR) is 120 cm³/mol. The number of nitrogens with zero attached hydrogens (tertiary/aromatic N) is 5. The monoisotopic (exact) mass is 432 g/mol. The molecule has 0 atom stereocenters. The fraction of sp³-hybridized carbons (Fsp3) is 0.261. The number of carbonyl (C=O) groups excluding carboxylic acids is 2. The first-order chi connectivity index (χ1) is 15.4. The van der Waals surface area contributed by atoms with E-state index in [9.17, 15) is 9.59 Å². The van der Waals surface area contributed by atoms with Crippen molar-refractivity contribution < 1.29 is 14.3 Å². The number of esters is 1. The molecule has 0 spiro atoms. The Morgan fingerprint density at radius 2 is 1.97 bits per heavy atom. The van der Waals surface area contributed by atoms with Crippen LogP contribution in [0.2, 0.25) is 0 Å². The second-order valence-electron chi connectivity index (χ2n) is 7.24. The highest BCUT2D eigenvalue weighted by atomic mass is 16.5. The Morgan fingerprint density at radius 3 is 2.69 bits per heavy atom. The number of carbonyl (C=O) groups is 2. The molecular formula is C23H24N6O3. The molecule has 1 amide bonds. The van der Waals surface area contributed by atoms with Crippen LogP contribution in [0.15, 0.2) is 42.7 Å². The Labute approximate surface area is 185 Å². The van der Waals surface area contributed by atoms with E-state index in [0.29, 0.717) is 34.7 Å². The first-order valence-corrected chi connectivity index (χ1v) is 10.4. The Hall–Kier alpha value is -4.01. The van der Waals surface area contributed by atoms with Crippen LogP contribution in [0.3, 0.4) is 0 Å². The standard InChI is InChI=1S/C23H24N6O3/c1-5-28-15(4)20(14(3)27-28)22(30)26-17-9-7-8-16(12-17)19-10-11-24-21-18(13-25-29(19)21)23(31)32-6-2/h7-13H,5-6H2,1-4H3,(H,26,30). The Bertz CT molecular complexity index is 1320. The van der Waals surface area contributed by atoms with Gasteiger partial charge in [-0.1, -0.05) is 12.1 Å². The zero-order chi connectivity index (χ0) is 22.8. The molecule has 0 aliphatic heterocycles. The van der Waals surface area contributed by atoms with Gasteiger partial charge in [-0.15, -0.1) is 0 Å². The number of amides is 1. The van der Waals surface area contributed by atoms with Gasteiger partial charge in [-0.3, -0.25) is 9.48 Å². The molecule has 0 saturated heterocycles. The van der Waals surface area contributed by atoms with Crippen molar-refractivity contribution in [2.45, 2.75) is 34.2 Å². The zero-order valence-corrected chi connectivity index (χ0v) is 18.4. The van der Waals surface area contributed by atoms with E-state index >= 15 is 0 Å². The minimum Gasteiger partial charge on any atom is -0.462 e. The number of nitrogens with one attached hydrogen (secondary N) is 1. The normalized spacial score (nSPS) is 11.0. The summed E-state index contributed by atoms with van der Waals surface area (Å²) in [7, 11) is 0. The van der Waals surface area contributed by atoms with Crippen molar-refractivity contribution in [2.75, 3.05) is 11.9 Å². The maximum absolute atomic E-state index is 12.9. The molecule has 164 valence electrons. The van der Waals surface area contributed by atoms with E-state index in [1.807, 2.05) is 49.7 Å². The van der Waals surface area contributed by atoms with Gasteiger partial charge in [-0.25, -0.2) is 14.3 Å². The molecule has 0 aliphatic carbocycles. The van der Waals surface area contributed by atoms with Crippen molar-refractivity contribution in [3.8, 4) is 11.3 Å². The number of ether oxygens (including phenoxy) is 1. The number of aryl methyl sites for hydroxylation is 2. The summed E-state index contributed by atoms with van der Waals surface area (Å²) in [6.45, 7) is 8.43. The minimum atomic E-state index is -0.466. The quantitative estimate of drug-likeness (QED) is 0.467. The molecule has 9 heteroatoms. The number of fused-ring (bicyclic) bond motifs is 1. The van der Waals surface area contributed by atoms with E-state index in [4.69, 9.17) is 4.74 Å². The molecule has 3 heterocycles. The van der Waals surface area contributed by atoms with Crippen molar-refractivity contribution in [3.63, 3.8) is 0 Å². The van der Waals surface area contributed by atoms with Gasteiger partial charge in [0, 0.05) is 29.7 Å². The molecule has 0 fully saturated rings. The molecular weight excluding hydrogens is 408 g/mol. The molecule has 0 saturated carbocycles. The average molecular weight is 432 g/mol. The number of hydrogen-bond donors (Lipinski definition) is 1. The molecule has 4 rings (SSSR count). The summed E-state index contributed by atoms with van der Waals surface area (Å²) >= 11 is 0. The van der Waals surface area contributed by atoms with Crippen molar-refractivity contribution in [3.05, 3.63) is 65.2 Å². The van der Waals surface area contributed by atoms with Crippen LogP contribution < -0.4 is 5.32 Å². The molecule has 4 aromatic rings. The van der Waals surface area contributed by atoms with Gasteiger partial charge in [0.25, 0.3) is 5.91 Å². The first-order valence-electron chi connectivity index (χ1n) is 10.4. The number of hydrogen-bond acceptors (Lipinski definition) is 6. The van der Waals surface area contributed by atoms with Crippen molar-refractivity contribution >= 4 is 23.2 Å². The van der Waals surface area contributed by atoms with E-state index in [1.165, 1.54) is 6.20 Å². The average Bonchev–Trinajstić information content (AvgIpc) is 3.34. The highest BCUT2D eigenvalue weighted by Gasteiger charge is 2.19. The van der Waals surface area contributed by atoms with E-state index in [1.54, 1.807) is 23.7 Å². The summed E-state index contributed by atoms with van der Waals surface area (Å²) in [5.41, 5.74) is 4.99. The Morgan fingerprint density at radius 1 is 1.16 bits per heavy atom. The van der Waals surface area contributed by atoms with Gasteiger partial charge in [-0.2, -0.15) is 10.2 Å². The summed E-state index contributed by atoms with van der Waals surface area (Å²) in [4.78, 5) is 29.4. The predicted octanol–water partition coefficient (Wildman–Crippen LogP) is 3.66. The van der Waals surface area contributed by atoms with Crippen LogP contribution in [0.4, 0.5) is 5.69 Å². The maximum atomic E-state index is 12.9. The van der Waals surface area contributed by atoms with Gasteiger partial charge in [0.2, 0.25) is 0 Å². The lowest BCUT2D eigenvalue weighted by Gasteiger charge is -2.09. The van der Waals surface area contributed by atoms with Gasteiger partial charge in [-0.05, 0) is 45.9 Å². The summed E-state index contributed by atoms with van der Waals surface area (Å²) < 4.78 is 8.49. The highest BCUT2D eigenvalue weighted by Crippen LogP contribution is 2.25. The molecule has 0 aliphatic rings. The summed E-state index contributed by atoms with van der Waals surface area (Å²) in [5.74, 6) is -0.674. The van der Waals surface area contributed by atoms with Gasteiger partial charge in [0.15, 0.2) is 5.65 Å². The third-order valence-corrected chi connectivity index (χ3v) is 5.22. The molecule has 0 bridgehead atoms. The van der Waals surface area contributed by atoms with Crippen molar-refractivity contribution in [1.82, 2.24) is 24.4 Å². The molecule has 3 aromatic heterocycles. The van der Waals surface area contributed by atoms with E-state index < -0.39 is 5.97 Å². The lowest BCUT2D eigenvalue weighted by Crippen LogP contribution is -2.14. The van der Waals surface area contributed by atoms with Crippen LogP contribution in [0.5, 0.6) is 0 Å². The molecule has 1 N–H and O–H groups in total. The zero-order valence-electron chi connectivity index (χ0n) is 18.4. The third-order valence-electron chi connectivity index (χ3n) is 5.22. The lowest BCUT2D eigenvalue weighted by atomic mass is 10.1. The van der Waals surface area contributed by atoms with Crippen molar-refractivity contribution in [1.29, 1.82) is 0 Å². The number of aromatic nitrogens is 5. The second kappa shape index (κ2) is 8.62. The van der Waals surface area contributed by atoms with Crippen LogP contribution in [0, 0.1) is 13.8 Å². The Balaban J connectivity index is 1.67. The summed E-state index contributed by atoms with van der Waals surface area (Å²) in [6.07, 6.45) is 3.07. The highest BCUT2D eigenvalue weighted by molar-refractivity contribution is 6.06. The van der Waals surface area contributed by atoms with Crippen LogP contribution in [-0.4, -0.2) is 42.9 Å². The molecule has 0 radical (unpaired) electrons. The van der Waals surface area contributed by atoms with E-state index in [-0.39, 0.29) is 12.5 Å². The fourth-order valence-electron chi connectivity index (χ4n) is 3.75. The van der Waals surface area contributed by atoms with Crippen LogP contribution in [-0.2, 0) is 11.3 Å². The summed E-state index contributed by atoms with van der Waals surface area (Å²) in [6, 6.07) is 9.23. The SMILES string of the molecule is CCOC(=O)c1cnn2c(-c3cccc(NC(=O)c4c(C)nn(CC)c4C)c3)ccnc12. The van der Waals surface area contributed by atoms with Gasteiger partial charge in [0.1, 0.15) is 5.56 Å². The topological polar surface area (TPSA) is 103 Å². The van der Waals surface area contributed by atoms with Crippen LogP contribution >= 0.6 is 0 Å². The molecule has 32 heavy (non-hydrogen) atoms. The van der Waals surface area contributed by atoms with Gasteiger partial charge < -0.3 is 10.1 Å². The second-order valence-corrected chi connectivity index (χ2v) is 7.24. The lowest BCUT2D eigenvalue weighted by molar-refractivity contribution is 0.0528. The smallest absolute Gasteiger partial charge is 0.343 e. The Kier molecular flexibility index (Phi) is 5.72. The van der Waals surface area contributed by atoms with Crippen molar-refractivity contribution in [2.24, 2.45) is 0 Å². The number of benzene rings is 1.